The first-order valence-corrected chi connectivity index (χ1v) is 10.2. The molecule has 1 saturated heterocycles. The number of anilines is 1. The molecule has 0 bridgehead atoms. The number of hydrogen-bond acceptors (Lipinski definition) is 6. The normalized spacial score (nSPS) is 17.0. The smallest absolute Gasteiger partial charge is 0.243 e. The molecule has 0 saturated carbocycles. The van der Waals surface area contributed by atoms with Crippen molar-refractivity contribution in [1.29, 1.82) is 0 Å². The van der Waals surface area contributed by atoms with Crippen LogP contribution >= 0.6 is 0 Å². The highest BCUT2D eigenvalue weighted by Gasteiger charge is 2.33. The Kier molecular flexibility index (Phi) is 5.97. The summed E-state index contributed by atoms with van der Waals surface area (Å²) in [5.74, 6) is 2.34. The molecular weight excluding hydrogens is 380 g/mol. The van der Waals surface area contributed by atoms with E-state index in [1.54, 1.807) is 13.4 Å². The van der Waals surface area contributed by atoms with Crippen LogP contribution in [0.5, 0.6) is 11.5 Å². The van der Waals surface area contributed by atoms with Crippen LogP contribution in [0.3, 0.4) is 0 Å². The molecule has 30 heavy (non-hydrogen) atoms. The summed E-state index contributed by atoms with van der Waals surface area (Å²) in [6, 6.07) is 14.9. The first-order valence-electron chi connectivity index (χ1n) is 10.2. The van der Waals surface area contributed by atoms with Gasteiger partial charge in [0.2, 0.25) is 5.91 Å². The summed E-state index contributed by atoms with van der Waals surface area (Å²) < 4.78 is 10.9. The van der Waals surface area contributed by atoms with Crippen LogP contribution < -0.4 is 19.7 Å². The third-order valence-electron chi connectivity index (χ3n) is 5.30. The van der Waals surface area contributed by atoms with E-state index < -0.39 is 0 Å². The van der Waals surface area contributed by atoms with Crippen molar-refractivity contribution in [3.63, 3.8) is 0 Å². The zero-order valence-corrected chi connectivity index (χ0v) is 17.2. The minimum Gasteiger partial charge on any atom is -0.497 e. The molecule has 1 N–H and O–H groups in total. The first-order chi connectivity index (χ1) is 14.7. The lowest BCUT2D eigenvalue weighted by molar-refractivity contribution is -0.123. The van der Waals surface area contributed by atoms with Crippen LogP contribution in [-0.4, -0.2) is 48.2 Å². The summed E-state index contributed by atoms with van der Waals surface area (Å²) in [5.41, 5.74) is 0.884. The van der Waals surface area contributed by atoms with Crippen molar-refractivity contribution in [1.82, 2.24) is 15.3 Å². The van der Waals surface area contributed by atoms with Crippen molar-refractivity contribution in [2.45, 2.75) is 31.8 Å². The quantitative estimate of drug-likeness (QED) is 0.649. The Balaban J connectivity index is 1.39. The highest BCUT2D eigenvalue weighted by molar-refractivity contribution is 5.93. The summed E-state index contributed by atoms with van der Waals surface area (Å²) in [6.07, 6.45) is 3.32. The third-order valence-corrected chi connectivity index (χ3v) is 5.30. The number of aromatic nitrogens is 2. The molecule has 1 aromatic heterocycles. The van der Waals surface area contributed by atoms with Crippen LogP contribution in [0, 0.1) is 0 Å². The molecule has 0 unspecified atom stereocenters. The Hall–Kier alpha value is -3.35. The molecule has 3 aromatic rings. The summed E-state index contributed by atoms with van der Waals surface area (Å²) in [4.78, 5) is 23.9. The SMILES string of the molecule is COc1ccc(OC[C@@H](C)NC(=O)[C@@H]2CCCN2c2ncnc3ccccc23)cc1. The fraction of sp³-hybridized carbons (Fsp3) is 0.348. The molecule has 0 radical (unpaired) electrons. The minimum absolute atomic E-state index is 0.000948. The van der Waals surface area contributed by atoms with E-state index in [4.69, 9.17) is 9.47 Å². The van der Waals surface area contributed by atoms with Crippen molar-refractivity contribution in [2.75, 3.05) is 25.2 Å². The van der Waals surface area contributed by atoms with E-state index in [0.29, 0.717) is 6.61 Å². The number of hydrogen-bond donors (Lipinski definition) is 1. The van der Waals surface area contributed by atoms with Crippen molar-refractivity contribution < 1.29 is 14.3 Å². The Morgan fingerprint density at radius 2 is 1.93 bits per heavy atom. The molecular formula is C23H26N4O3. The maximum absolute atomic E-state index is 13.0. The van der Waals surface area contributed by atoms with Gasteiger partial charge in [-0.15, -0.1) is 0 Å². The topological polar surface area (TPSA) is 76.6 Å². The number of rotatable bonds is 7. The van der Waals surface area contributed by atoms with Gasteiger partial charge in [-0.25, -0.2) is 9.97 Å². The van der Waals surface area contributed by atoms with Crippen LogP contribution in [-0.2, 0) is 4.79 Å². The molecule has 1 aliphatic heterocycles. The number of fused-ring (bicyclic) bond motifs is 1. The number of carbonyl (C=O) groups excluding carboxylic acids is 1. The van der Waals surface area contributed by atoms with Gasteiger partial charge >= 0.3 is 0 Å². The van der Waals surface area contributed by atoms with Crippen molar-refractivity contribution >= 4 is 22.6 Å². The van der Waals surface area contributed by atoms with Gasteiger partial charge in [0.15, 0.2) is 0 Å². The monoisotopic (exact) mass is 406 g/mol. The van der Waals surface area contributed by atoms with Gasteiger partial charge in [0, 0.05) is 11.9 Å². The largest absolute Gasteiger partial charge is 0.497 e. The number of nitrogens with zero attached hydrogens (tertiary/aromatic N) is 3. The van der Waals surface area contributed by atoms with Crippen LogP contribution in [0.1, 0.15) is 19.8 Å². The Morgan fingerprint density at radius 1 is 1.17 bits per heavy atom. The van der Waals surface area contributed by atoms with Crippen LogP contribution in [0.25, 0.3) is 10.9 Å². The fourth-order valence-electron chi connectivity index (χ4n) is 3.79. The second-order valence-electron chi connectivity index (χ2n) is 7.46. The van der Waals surface area contributed by atoms with Gasteiger partial charge in [-0.3, -0.25) is 4.79 Å². The number of para-hydroxylation sites is 1. The first kappa shape index (κ1) is 19.9. The van der Waals surface area contributed by atoms with E-state index in [-0.39, 0.29) is 18.0 Å². The summed E-state index contributed by atoms with van der Waals surface area (Å²) >= 11 is 0. The van der Waals surface area contributed by atoms with Gasteiger partial charge in [0.1, 0.15) is 36.3 Å². The van der Waals surface area contributed by atoms with Gasteiger partial charge in [0.25, 0.3) is 0 Å². The maximum Gasteiger partial charge on any atom is 0.243 e. The van der Waals surface area contributed by atoms with E-state index in [2.05, 4.69) is 20.2 Å². The highest BCUT2D eigenvalue weighted by Crippen LogP contribution is 2.29. The molecule has 2 aromatic carbocycles. The second-order valence-corrected chi connectivity index (χ2v) is 7.46. The highest BCUT2D eigenvalue weighted by atomic mass is 16.5. The maximum atomic E-state index is 13.0. The number of amides is 1. The van der Waals surface area contributed by atoms with E-state index in [9.17, 15) is 4.79 Å². The fourth-order valence-corrected chi connectivity index (χ4v) is 3.79. The molecule has 1 amide bonds. The molecule has 156 valence electrons. The second kappa shape index (κ2) is 8.98. The van der Waals surface area contributed by atoms with Gasteiger partial charge in [0.05, 0.1) is 18.7 Å². The molecule has 2 atom stereocenters. The van der Waals surface area contributed by atoms with E-state index >= 15 is 0 Å². The minimum atomic E-state index is -0.244. The van der Waals surface area contributed by atoms with Gasteiger partial charge in [-0.2, -0.15) is 0 Å². The van der Waals surface area contributed by atoms with Crippen molar-refractivity contribution in [2.24, 2.45) is 0 Å². The van der Waals surface area contributed by atoms with Gasteiger partial charge in [-0.05, 0) is 56.2 Å². The Morgan fingerprint density at radius 3 is 2.73 bits per heavy atom. The Bertz CT molecular complexity index is 1000. The summed E-state index contributed by atoms with van der Waals surface area (Å²) in [5, 5.41) is 4.06. The number of methoxy groups -OCH3 is 1. The van der Waals surface area contributed by atoms with E-state index in [0.717, 1.165) is 47.6 Å². The molecule has 1 aliphatic rings. The molecule has 4 rings (SSSR count). The lowest BCUT2D eigenvalue weighted by Gasteiger charge is -2.27. The van der Waals surface area contributed by atoms with Gasteiger partial charge in [-0.1, -0.05) is 12.1 Å². The average molecular weight is 406 g/mol. The Labute approximate surface area is 176 Å². The molecule has 7 heteroatoms. The number of benzene rings is 2. The van der Waals surface area contributed by atoms with Gasteiger partial charge < -0.3 is 19.7 Å². The number of carbonyl (C=O) groups is 1. The summed E-state index contributed by atoms with van der Waals surface area (Å²) in [6.45, 7) is 3.14. The molecule has 7 nitrogen and oxygen atoms in total. The van der Waals surface area contributed by atoms with Crippen molar-refractivity contribution in [3.05, 3.63) is 54.9 Å². The lowest BCUT2D eigenvalue weighted by Crippen LogP contribution is -2.48. The lowest BCUT2D eigenvalue weighted by atomic mass is 10.1. The van der Waals surface area contributed by atoms with E-state index in [1.165, 1.54) is 0 Å². The third kappa shape index (κ3) is 4.30. The van der Waals surface area contributed by atoms with Crippen LogP contribution in [0.15, 0.2) is 54.9 Å². The van der Waals surface area contributed by atoms with Crippen LogP contribution in [0.4, 0.5) is 5.82 Å². The van der Waals surface area contributed by atoms with E-state index in [1.807, 2.05) is 55.5 Å². The molecule has 0 spiro atoms. The predicted octanol–water partition coefficient (Wildman–Crippen LogP) is 3.19. The molecule has 0 aliphatic carbocycles. The standard InChI is InChI=1S/C23H26N4O3/c1-16(14-30-18-11-9-17(29-2)10-12-18)26-23(28)21-8-5-13-27(21)22-19-6-3-4-7-20(19)24-15-25-22/h3-4,6-7,9-12,15-16,21H,5,8,13-14H2,1-2H3,(H,26,28)/t16-,21+/m1/s1. The zero-order chi connectivity index (χ0) is 20.9. The predicted molar refractivity (Wildman–Crippen MR) is 116 cm³/mol. The zero-order valence-electron chi connectivity index (χ0n) is 17.2. The van der Waals surface area contributed by atoms with Crippen LogP contribution in [0.2, 0.25) is 0 Å². The summed E-state index contributed by atoms with van der Waals surface area (Å²) in [7, 11) is 1.63. The average Bonchev–Trinajstić information content (AvgIpc) is 3.27. The number of nitrogens with one attached hydrogen (secondary N) is 1. The van der Waals surface area contributed by atoms with Crippen molar-refractivity contribution in [3.8, 4) is 11.5 Å². The molecule has 2 heterocycles. The number of ether oxygens (including phenoxy) is 2. The molecule has 1 fully saturated rings.